The molecule has 0 saturated carbocycles. The Hall–Kier alpha value is 0.0900. The molecule has 1 unspecified atom stereocenters. The van der Waals surface area contributed by atoms with Crippen LogP contribution < -0.4 is 5.73 Å². The van der Waals surface area contributed by atoms with Gasteiger partial charge in [-0.3, -0.25) is 0 Å². The monoisotopic (exact) mass is 159 g/mol. The summed E-state index contributed by atoms with van der Waals surface area (Å²) in [6.45, 7) is 0.676. The van der Waals surface area contributed by atoms with E-state index in [9.17, 15) is 0 Å². The molecule has 0 fully saturated rings. The fourth-order valence-electron chi connectivity index (χ4n) is 0.642. The highest BCUT2D eigenvalue weighted by molar-refractivity contribution is 7.19. The van der Waals surface area contributed by atoms with Gasteiger partial charge in [-0.1, -0.05) is 0 Å². The summed E-state index contributed by atoms with van der Waals surface area (Å²) in [6, 6.07) is 4.21. The summed E-state index contributed by atoms with van der Waals surface area (Å²) in [5, 5.41) is 0. The summed E-state index contributed by atoms with van der Waals surface area (Å²) >= 11 is 1.79. The van der Waals surface area contributed by atoms with Gasteiger partial charge in [0.05, 0.1) is 0 Å². The minimum atomic E-state index is 0.676. The molecule has 2 N–H and O–H groups in total. The molecule has 0 amide bonds. The maximum atomic E-state index is 5.42. The maximum Gasteiger partial charge on any atom is 0.0273 e. The van der Waals surface area contributed by atoms with Gasteiger partial charge in [-0.05, 0) is 18.3 Å². The van der Waals surface area contributed by atoms with Crippen molar-refractivity contribution in [1.82, 2.24) is 0 Å². The van der Waals surface area contributed by atoms with Crippen LogP contribution in [0.3, 0.4) is 0 Å². The molecule has 1 aromatic heterocycles. The predicted octanol–water partition coefficient (Wildman–Crippen LogP) is 1.58. The van der Waals surface area contributed by atoms with Gasteiger partial charge in [0, 0.05) is 16.3 Å². The van der Waals surface area contributed by atoms with Crippen LogP contribution in [0.25, 0.3) is 0 Å². The van der Waals surface area contributed by atoms with Gasteiger partial charge in [0.15, 0.2) is 0 Å². The lowest BCUT2D eigenvalue weighted by Crippen LogP contribution is -1.90. The standard InChI is InChI=1S/C6H10NPS/c7-3-5-1-2-6(4-8)9-5/h1-2H,3-4,7-8H2. The Morgan fingerprint density at radius 1 is 1.44 bits per heavy atom. The van der Waals surface area contributed by atoms with Crippen LogP contribution in [0.2, 0.25) is 0 Å². The topological polar surface area (TPSA) is 26.0 Å². The van der Waals surface area contributed by atoms with E-state index in [1.165, 1.54) is 9.75 Å². The molecule has 0 aliphatic carbocycles. The van der Waals surface area contributed by atoms with Crippen LogP contribution in [0.5, 0.6) is 0 Å². The third-order valence-corrected chi connectivity index (χ3v) is 2.99. The van der Waals surface area contributed by atoms with Gasteiger partial charge < -0.3 is 5.73 Å². The Kier molecular flexibility index (Phi) is 2.65. The summed E-state index contributed by atoms with van der Waals surface area (Å²) in [6.07, 6.45) is 1.05. The van der Waals surface area contributed by atoms with Crippen LogP contribution in [-0.4, -0.2) is 0 Å². The van der Waals surface area contributed by atoms with E-state index in [-0.39, 0.29) is 0 Å². The van der Waals surface area contributed by atoms with Crippen molar-refractivity contribution in [2.75, 3.05) is 0 Å². The molecule has 1 nitrogen and oxygen atoms in total. The average molecular weight is 159 g/mol. The molecule has 1 heterocycles. The second-order valence-corrected chi connectivity index (χ2v) is 3.44. The molecule has 1 rings (SSSR count). The van der Waals surface area contributed by atoms with E-state index in [1.807, 2.05) is 0 Å². The summed E-state index contributed by atoms with van der Waals surface area (Å²) in [5.41, 5.74) is 5.42. The smallest absolute Gasteiger partial charge is 0.0273 e. The van der Waals surface area contributed by atoms with Crippen molar-refractivity contribution in [3.63, 3.8) is 0 Å². The van der Waals surface area contributed by atoms with Crippen molar-refractivity contribution in [2.24, 2.45) is 5.73 Å². The minimum absolute atomic E-state index is 0.676. The summed E-state index contributed by atoms with van der Waals surface area (Å²) in [4.78, 5) is 2.66. The van der Waals surface area contributed by atoms with E-state index in [1.54, 1.807) is 11.3 Å². The largest absolute Gasteiger partial charge is 0.326 e. The van der Waals surface area contributed by atoms with E-state index in [2.05, 4.69) is 21.4 Å². The van der Waals surface area contributed by atoms with Gasteiger partial charge >= 0.3 is 0 Å². The summed E-state index contributed by atoms with van der Waals surface area (Å²) in [7, 11) is 2.70. The predicted molar refractivity (Wildman–Crippen MR) is 45.6 cm³/mol. The van der Waals surface area contributed by atoms with E-state index in [0.717, 1.165) is 6.16 Å². The lowest BCUT2D eigenvalue weighted by molar-refractivity contribution is 1.11. The quantitative estimate of drug-likeness (QED) is 0.651. The fourth-order valence-corrected chi connectivity index (χ4v) is 1.80. The third-order valence-electron chi connectivity index (χ3n) is 1.12. The first-order valence-corrected chi connectivity index (χ1v) is 4.48. The molecule has 0 spiro atoms. The summed E-state index contributed by atoms with van der Waals surface area (Å²) < 4.78 is 0. The zero-order valence-electron chi connectivity index (χ0n) is 5.13. The van der Waals surface area contributed by atoms with Gasteiger partial charge in [-0.15, -0.1) is 20.6 Å². The lowest BCUT2D eigenvalue weighted by Gasteiger charge is -1.84. The van der Waals surface area contributed by atoms with Crippen molar-refractivity contribution in [3.8, 4) is 0 Å². The molecule has 50 valence electrons. The van der Waals surface area contributed by atoms with E-state index >= 15 is 0 Å². The van der Waals surface area contributed by atoms with Crippen molar-refractivity contribution in [2.45, 2.75) is 12.7 Å². The number of nitrogens with two attached hydrogens (primary N) is 1. The molecule has 0 aliphatic rings. The molecule has 0 bridgehead atoms. The van der Waals surface area contributed by atoms with Gasteiger partial charge in [0.1, 0.15) is 0 Å². The highest BCUT2D eigenvalue weighted by Crippen LogP contribution is 2.17. The SMILES string of the molecule is NCc1ccc(CP)s1. The second-order valence-electron chi connectivity index (χ2n) is 1.78. The molecule has 0 radical (unpaired) electrons. The molecule has 0 saturated heterocycles. The first-order valence-electron chi connectivity index (χ1n) is 2.84. The van der Waals surface area contributed by atoms with Crippen LogP contribution in [-0.2, 0) is 12.7 Å². The molecule has 9 heavy (non-hydrogen) atoms. The normalized spacial score (nSPS) is 10.0. The number of thiophene rings is 1. The first-order chi connectivity index (χ1) is 4.36. The Balaban J connectivity index is 2.74. The molecular formula is C6H10NPS. The molecule has 0 aromatic carbocycles. The molecule has 1 atom stereocenters. The van der Waals surface area contributed by atoms with Crippen molar-refractivity contribution >= 4 is 20.6 Å². The highest BCUT2D eigenvalue weighted by atomic mass is 32.1. The molecule has 1 aromatic rings. The molecule has 3 heteroatoms. The van der Waals surface area contributed by atoms with Crippen LogP contribution in [0.15, 0.2) is 12.1 Å². The minimum Gasteiger partial charge on any atom is -0.326 e. The Labute approximate surface area is 61.5 Å². The molecular weight excluding hydrogens is 149 g/mol. The summed E-state index contributed by atoms with van der Waals surface area (Å²) in [5.74, 6) is 0. The highest BCUT2D eigenvalue weighted by Gasteiger charge is 1.93. The number of rotatable bonds is 2. The number of hydrogen-bond acceptors (Lipinski definition) is 2. The maximum absolute atomic E-state index is 5.42. The average Bonchev–Trinajstić information content (AvgIpc) is 2.34. The van der Waals surface area contributed by atoms with Crippen LogP contribution in [0.4, 0.5) is 0 Å². The van der Waals surface area contributed by atoms with E-state index < -0.39 is 0 Å². The first kappa shape index (κ1) is 7.20. The van der Waals surface area contributed by atoms with Crippen LogP contribution >= 0.6 is 20.6 Å². The van der Waals surface area contributed by atoms with Crippen LogP contribution in [0, 0.1) is 0 Å². The Morgan fingerprint density at radius 3 is 2.44 bits per heavy atom. The van der Waals surface area contributed by atoms with Crippen molar-refractivity contribution < 1.29 is 0 Å². The lowest BCUT2D eigenvalue weighted by atomic mass is 10.4. The zero-order valence-corrected chi connectivity index (χ0v) is 7.10. The fraction of sp³-hybridized carbons (Fsp3) is 0.333. The van der Waals surface area contributed by atoms with Gasteiger partial charge in [0.25, 0.3) is 0 Å². The van der Waals surface area contributed by atoms with E-state index in [0.29, 0.717) is 6.54 Å². The Morgan fingerprint density at radius 2 is 2.11 bits per heavy atom. The third kappa shape index (κ3) is 1.75. The van der Waals surface area contributed by atoms with Gasteiger partial charge in [0.2, 0.25) is 0 Å². The Bertz CT molecular complexity index is 166. The van der Waals surface area contributed by atoms with Gasteiger partial charge in [-0.2, -0.15) is 0 Å². The van der Waals surface area contributed by atoms with Crippen LogP contribution in [0.1, 0.15) is 9.75 Å². The second kappa shape index (κ2) is 3.31. The van der Waals surface area contributed by atoms with E-state index in [4.69, 9.17) is 5.73 Å². The van der Waals surface area contributed by atoms with Crippen molar-refractivity contribution in [1.29, 1.82) is 0 Å². The van der Waals surface area contributed by atoms with Gasteiger partial charge in [-0.25, -0.2) is 0 Å². The zero-order chi connectivity index (χ0) is 6.69. The molecule has 0 aliphatic heterocycles. The van der Waals surface area contributed by atoms with Crippen molar-refractivity contribution in [3.05, 3.63) is 21.9 Å². The number of hydrogen-bond donors (Lipinski definition) is 1.